The molecule has 0 saturated heterocycles. The molecule has 0 aliphatic carbocycles. The summed E-state index contributed by atoms with van der Waals surface area (Å²) in [7, 11) is 0. The molecule has 478 valence electrons. The van der Waals surface area contributed by atoms with E-state index in [9.17, 15) is 0 Å². The van der Waals surface area contributed by atoms with Crippen LogP contribution in [0.3, 0.4) is 0 Å². The van der Waals surface area contributed by atoms with Gasteiger partial charge in [0.2, 0.25) is 0 Å². The smallest absolute Gasteiger partial charge is 0.0359 e. The lowest BCUT2D eigenvalue weighted by Gasteiger charge is -2.18. The van der Waals surface area contributed by atoms with Crippen LogP contribution in [-0.4, -0.2) is 0 Å². The molecule has 3 unspecified atom stereocenters. The minimum atomic E-state index is 0.542. The Morgan fingerprint density at radius 2 is 0.579 bits per heavy atom. The lowest BCUT2D eigenvalue weighted by atomic mass is 9.88. The molecule has 0 aromatic heterocycles. The lowest BCUT2D eigenvalue weighted by Crippen LogP contribution is -2.05. The molecule has 0 saturated carbocycles. The van der Waals surface area contributed by atoms with Crippen LogP contribution in [0, 0.1) is 69.5 Å². The molecule has 0 N–H and O–H groups in total. The first-order valence-corrected chi connectivity index (χ1v) is 35.0. The fourth-order valence-corrected chi connectivity index (χ4v) is 6.58. The Morgan fingerprint density at radius 1 is 0.276 bits per heavy atom. The molecule has 0 heterocycles. The summed E-state index contributed by atoms with van der Waals surface area (Å²) in [5.74, 6) is 8.21. The van der Waals surface area contributed by atoms with E-state index >= 15 is 0 Å². The summed E-state index contributed by atoms with van der Waals surface area (Å²) < 4.78 is 0. The van der Waals surface area contributed by atoms with Gasteiger partial charge < -0.3 is 0 Å². The molecule has 0 heteroatoms. The largest absolute Gasteiger partial charge is 0.0654 e. The molecule has 0 rings (SSSR count). The molecule has 0 bridgehead atoms. The standard InChI is InChI=1S/10C7H16.C6H14/c1-6(2)5-7(3)4;1-5-6-7(2,3)4;1-5-7(3,4)6-2;1-5-7(4)6(2)3;2*1-4-5-6-7(2)3;2*1-4-6-7(3)5-2;1-4-7(5-2)6-3;1-3-5-7-6-4-2;1-5-6(2,3)4/h6-7H,5H2,1-4H3;2*5-6H2,1-4H3;6-7H,5H2,1-4H3;5*7H,4-6H2,1-3H3;3-7H2,1-2H3;5H2,1-4H3. The van der Waals surface area contributed by atoms with Crippen LogP contribution in [-0.2, 0) is 0 Å². The third kappa shape index (κ3) is 152. The van der Waals surface area contributed by atoms with Gasteiger partial charge in [0.05, 0.1) is 0 Å². The maximum atomic E-state index is 2.31. The average Bonchev–Trinajstić information content (AvgIpc) is 3.34. The van der Waals surface area contributed by atoms with Crippen LogP contribution in [0.4, 0.5) is 0 Å². The maximum absolute atomic E-state index is 2.31. The van der Waals surface area contributed by atoms with Crippen LogP contribution >= 0.6 is 0 Å². The van der Waals surface area contributed by atoms with Gasteiger partial charge in [0, 0.05) is 0 Å². The zero-order chi connectivity index (χ0) is 62.8. The van der Waals surface area contributed by atoms with Crippen molar-refractivity contribution in [2.75, 3.05) is 0 Å². The summed E-state index contributed by atoms with van der Waals surface area (Å²) in [6.07, 6.45) is 36.7. The average molecular weight is 1090 g/mol. The van der Waals surface area contributed by atoms with Crippen molar-refractivity contribution in [3.05, 3.63) is 0 Å². The predicted octanol–water partition coefficient (Wildman–Crippen LogP) is 30.6. The van der Waals surface area contributed by atoms with Gasteiger partial charge in [-0.25, -0.2) is 0 Å². The van der Waals surface area contributed by atoms with Crippen molar-refractivity contribution in [2.45, 2.75) is 430 Å². The highest BCUT2D eigenvalue weighted by Gasteiger charge is 2.10. The molecule has 0 aromatic rings. The van der Waals surface area contributed by atoms with E-state index in [-0.39, 0.29) is 0 Å². The third-order valence-electron chi connectivity index (χ3n) is 14.9. The highest BCUT2D eigenvalue weighted by Crippen LogP contribution is 2.23. The SMILES string of the molecule is CC(C)CC(C)C.CCC(C)(C)C.CCC(C)(C)CC.CCC(C)C(C)C.CCC(CC)CC.CCCC(C)(C)C.CCCC(C)CC.CCCC(C)CC.CCCCC(C)C.CCCCC(C)C.CCCCCCC. The van der Waals surface area contributed by atoms with E-state index in [0.717, 1.165) is 53.3 Å². The second kappa shape index (κ2) is 79.2. The van der Waals surface area contributed by atoms with Crippen LogP contribution in [0.25, 0.3) is 0 Å². The van der Waals surface area contributed by atoms with Gasteiger partial charge in [0.25, 0.3) is 0 Å². The molecule has 3 atom stereocenters. The topological polar surface area (TPSA) is 0 Å². The van der Waals surface area contributed by atoms with Crippen molar-refractivity contribution in [3.63, 3.8) is 0 Å². The maximum Gasteiger partial charge on any atom is -0.0359 e. The molecule has 0 aliphatic heterocycles. The summed E-state index contributed by atoms with van der Waals surface area (Å²) in [5.41, 5.74) is 1.68. The van der Waals surface area contributed by atoms with Crippen molar-refractivity contribution in [3.8, 4) is 0 Å². The van der Waals surface area contributed by atoms with Crippen LogP contribution < -0.4 is 0 Å². The summed E-state index contributed by atoms with van der Waals surface area (Å²) >= 11 is 0. The summed E-state index contributed by atoms with van der Waals surface area (Å²) in [5, 5.41) is 0. The van der Waals surface area contributed by atoms with Crippen molar-refractivity contribution in [1.82, 2.24) is 0 Å². The Labute approximate surface area is 496 Å². The fraction of sp³-hybridized carbons (Fsp3) is 1.00. The van der Waals surface area contributed by atoms with Crippen LogP contribution in [0.15, 0.2) is 0 Å². The van der Waals surface area contributed by atoms with Gasteiger partial charge in [-0.05, 0) is 82.3 Å². The quantitative estimate of drug-likeness (QED) is 0.0758. The molecular weight excluding hydrogens is 913 g/mol. The summed E-state index contributed by atoms with van der Waals surface area (Å²) in [4.78, 5) is 0. The summed E-state index contributed by atoms with van der Waals surface area (Å²) in [6.45, 7) is 83.7. The Bertz CT molecular complexity index is 803. The van der Waals surface area contributed by atoms with Gasteiger partial charge in [0.1, 0.15) is 0 Å². The van der Waals surface area contributed by atoms with Crippen LogP contribution in [0.5, 0.6) is 0 Å². The lowest BCUT2D eigenvalue weighted by molar-refractivity contribution is 0.338. The van der Waals surface area contributed by atoms with Gasteiger partial charge in [-0.2, -0.15) is 0 Å². The van der Waals surface area contributed by atoms with Crippen molar-refractivity contribution in [2.24, 2.45) is 69.5 Å². The molecule has 0 aliphatic rings. The molecule has 0 radical (unpaired) electrons. The van der Waals surface area contributed by atoms with Gasteiger partial charge in [0.15, 0.2) is 0 Å². The third-order valence-corrected chi connectivity index (χ3v) is 14.9. The van der Waals surface area contributed by atoms with Gasteiger partial charge in [-0.1, -0.05) is 417 Å². The predicted molar refractivity (Wildman–Crippen MR) is 373 cm³/mol. The number of rotatable bonds is 26. The minimum Gasteiger partial charge on any atom is -0.0654 e. The number of unbranched alkanes of at least 4 members (excludes halogenated alkanes) is 6. The molecule has 0 nitrogen and oxygen atoms in total. The molecule has 0 fully saturated rings. The first kappa shape index (κ1) is 101. The van der Waals surface area contributed by atoms with E-state index in [2.05, 4.69) is 256 Å². The minimum absolute atomic E-state index is 0.542. The Kier molecular flexibility index (Phi) is 105. The molecule has 0 aromatic carbocycles. The molecular formula is C76H174. The molecule has 0 spiro atoms. The van der Waals surface area contributed by atoms with E-state index in [1.54, 1.807) is 0 Å². The van der Waals surface area contributed by atoms with Crippen LogP contribution in [0.1, 0.15) is 430 Å². The fourth-order valence-electron chi connectivity index (χ4n) is 6.58. The van der Waals surface area contributed by atoms with Crippen molar-refractivity contribution in [1.29, 1.82) is 0 Å². The monoisotopic (exact) mass is 1090 g/mol. The van der Waals surface area contributed by atoms with E-state index < -0.39 is 0 Å². The molecule has 76 heavy (non-hydrogen) atoms. The van der Waals surface area contributed by atoms with Gasteiger partial charge in [-0.3, -0.25) is 0 Å². The summed E-state index contributed by atoms with van der Waals surface area (Å²) in [6, 6.07) is 0. The Morgan fingerprint density at radius 3 is 0.632 bits per heavy atom. The zero-order valence-corrected chi connectivity index (χ0v) is 62.8. The van der Waals surface area contributed by atoms with Gasteiger partial charge >= 0.3 is 0 Å². The number of hydrogen-bond donors (Lipinski definition) is 0. The van der Waals surface area contributed by atoms with E-state index in [1.807, 2.05) is 0 Å². The Hall–Kier alpha value is 0. The van der Waals surface area contributed by atoms with Crippen molar-refractivity contribution < 1.29 is 0 Å². The molecule has 0 amide bonds. The first-order valence-electron chi connectivity index (χ1n) is 35.0. The van der Waals surface area contributed by atoms with E-state index in [1.165, 1.54) is 173 Å². The number of hydrogen-bond acceptors (Lipinski definition) is 0. The van der Waals surface area contributed by atoms with Gasteiger partial charge in [-0.15, -0.1) is 0 Å². The zero-order valence-electron chi connectivity index (χ0n) is 62.8. The van der Waals surface area contributed by atoms with Crippen LogP contribution in [0.2, 0.25) is 0 Å². The second-order valence-electron chi connectivity index (χ2n) is 28.6. The second-order valence-corrected chi connectivity index (χ2v) is 28.6. The van der Waals surface area contributed by atoms with Crippen molar-refractivity contribution >= 4 is 0 Å². The highest BCUT2D eigenvalue weighted by atomic mass is 14.2. The van der Waals surface area contributed by atoms with E-state index in [4.69, 9.17) is 0 Å². The normalized spacial score (nSPS) is 11.9. The van der Waals surface area contributed by atoms with E-state index in [0.29, 0.717) is 16.2 Å². The Balaban J connectivity index is -0.0000000680. The first-order chi connectivity index (χ1) is 35.0. The highest BCUT2D eigenvalue weighted by molar-refractivity contribution is 4.62.